The van der Waals surface area contributed by atoms with Crippen LogP contribution in [0, 0.1) is 13.8 Å². The van der Waals surface area contributed by atoms with Gasteiger partial charge in [0, 0.05) is 10.4 Å². The van der Waals surface area contributed by atoms with Gasteiger partial charge in [-0.2, -0.15) is 0 Å². The zero-order valence-corrected chi connectivity index (χ0v) is 13.6. The van der Waals surface area contributed by atoms with Crippen LogP contribution in [0.2, 0.25) is 0 Å². The van der Waals surface area contributed by atoms with Gasteiger partial charge in [0.05, 0.1) is 12.0 Å². The maximum absolute atomic E-state index is 12.8. The van der Waals surface area contributed by atoms with Gasteiger partial charge in [-0.1, -0.05) is 0 Å². The number of rotatable bonds is 3. The minimum atomic E-state index is 0.151. The molecule has 2 nitrogen and oxygen atoms in total. The Labute approximate surface area is 129 Å². The molecule has 3 heteroatoms. The van der Waals surface area contributed by atoms with Crippen molar-refractivity contribution in [1.82, 2.24) is 0 Å². The molecule has 1 aromatic heterocycles. The number of thiophene rings is 1. The lowest BCUT2D eigenvalue weighted by Crippen LogP contribution is -2.03. The number of ether oxygens (including phenoxy) is 1. The van der Waals surface area contributed by atoms with Gasteiger partial charge in [-0.15, -0.1) is 11.3 Å². The largest absolute Gasteiger partial charge is 0.496 e. The van der Waals surface area contributed by atoms with Crippen LogP contribution < -0.4 is 4.74 Å². The fourth-order valence-electron chi connectivity index (χ4n) is 2.99. The van der Waals surface area contributed by atoms with Crippen molar-refractivity contribution in [3.63, 3.8) is 0 Å². The van der Waals surface area contributed by atoms with Gasteiger partial charge in [0.1, 0.15) is 5.75 Å². The van der Waals surface area contributed by atoms with E-state index in [4.69, 9.17) is 4.74 Å². The quantitative estimate of drug-likeness (QED) is 0.781. The monoisotopic (exact) mass is 300 g/mol. The van der Waals surface area contributed by atoms with Crippen molar-refractivity contribution in [2.75, 3.05) is 7.11 Å². The van der Waals surface area contributed by atoms with E-state index in [1.165, 1.54) is 23.3 Å². The maximum atomic E-state index is 12.8. The van der Waals surface area contributed by atoms with E-state index in [1.807, 2.05) is 26.0 Å². The first-order valence-electron chi connectivity index (χ1n) is 7.41. The lowest BCUT2D eigenvalue weighted by molar-refractivity contribution is 0.104. The van der Waals surface area contributed by atoms with Crippen LogP contribution in [-0.4, -0.2) is 12.9 Å². The third kappa shape index (κ3) is 2.62. The van der Waals surface area contributed by atoms with Crippen molar-refractivity contribution < 1.29 is 9.53 Å². The molecular weight excluding hydrogens is 280 g/mol. The average molecular weight is 300 g/mol. The summed E-state index contributed by atoms with van der Waals surface area (Å²) in [5.41, 5.74) is 4.17. The molecule has 0 amide bonds. The average Bonchev–Trinajstić information content (AvgIpc) is 2.92. The molecule has 2 aromatic rings. The molecule has 0 aliphatic heterocycles. The SMILES string of the molecule is COc1cc(C)c(C(=O)c2cc3c(s2)CCCC3)cc1C. The Hall–Kier alpha value is -1.61. The van der Waals surface area contributed by atoms with Gasteiger partial charge in [0.15, 0.2) is 0 Å². The molecule has 0 saturated heterocycles. The first-order chi connectivity index (χ1) is 10.1. The highest BCUT2D eigenvalue weighted by Crippen LogP contribution is 2.32. The van der Waals surface area contributed by atoms with Gasteiger partial charge in [0.2, 0.25) is 5.78 Å². The van der Waals surface area contributed by atoms with Crippen molar-refractivity contribution in [3.05, 3.63) is 50.2 Å². The van der Waals surface area contributed by atoms with E-state index < -0.39 is 0 Å². The zero-order chi connectivity index (χ0) is 15.0. The summed E-state index contributed by atoms with van der Waals surface area (Å²) in [5, 5.41) is 0. The van der Waals surface area contributed by atoms with Crippen LogP contribution >= 0.6 is 11.3 Å². The van der Waals surface area contributed by atoms with Gasteiger partial charge in [-0.25, -0.2) is 0 Å². The number of hydrogen-bond acceptors (Lipinski definition) is 3. The van der Waals surface area contributed by atoms with Gasteiger partial charge in [-0.05, 0) is 74.4 Å². The number of hydrogen-bond donors (Lipinski definition) is 0. The fraction of sp³-hybridized carbons (Fsp3) is 0.389. The summed E-state index contributed by atoms with van der Waals surface area (Å²) in [4.78, 5) is 15.1. The van der Waals surface area contributed by atoms with Crippen LogP contribution in [0.4, 0.5) is 0 Å². The Morgan fingerprint density at radius 3 is 2.57 bits per heavy atom. The van der Waals surface area contributed by atoms with Crippen LogP contribution in [0.25, 0.3) is 0 Å². The van der Waals surface area contributed by atoms with E-state index in [2.05, 4.69) is 6.07 Å². The summed E-state index contributed by atoms with van der Waals surface area (Å²) in [7, 11) is 1.66. The predicted octanol–water partition coefficient (Wildman–Crippen LogP) is 4.48. The maximum Gasteiger partial charge on any atom is 0.203 e. The second kappa shape index (κ2) is 5.64. The molecule has 0 bridgehead atoms. The van der Waals surface area contributed by atoms with Gasteiger partial charge in [0.25, 0.3) is 0 Å². The van der Waals surface area contributed by atoms with E-state index in [0.717, 1.165) is 40.2 Å². The van der Waals surface area contributed by atoms with Crippen LogP contribution in [0.3, 0.4) is 0 Å². The number of methoxy groups -OCH3 is 1. The van der Waals surface area contributed by atoms with Gasteiger partial charge < -0.3 is 4.74 Å². The summed E-state index contributed by atoms with van der Waals surface area (Å²) in [6.45, 7) is 3.96. The Bertz CT molecular complexity index is 674. The van der Waals surface area contributed by atoms with Crippen molar-refractivity contribution in [1.29, 1.82) is 0 Å². The van der Waals surface area contributed by atoms with E-state index in [-0.39, 0.29) is 5.78 Å². The van der Waals surface area contributed by atoms with Crippen LogP contribution in [0.1, 0.15) is 49.6 Å². The third-order valence-electron chi connectivity index (χ3n) is 4.21. The standard InChI is InChI=1S/C18H20O2S/c1-11-9-15(20-3)12(2)8-14(11)18(19)17-10-13-6-4-5-7-16(13)21-17/h8-10H,4-7H2,1-3H3. The van der Waals surface area contributed by atoms with Crippen LogP contribution in [0.15, 0.2) is 18.2 Å². The van der Waals surface area contributed by atoms with Crippen molar-refractivity contribution >= 4 is 17.1 Å². The zero-order valence-electron chi connectivity index (χ0n) is 12.8. The second-order valence-electron chi connectivity index (χ2n) is 5.73. The molecule has 0 spiro atoms. The highest BCUT2D eigenvalue weighted by molar-refractivity contribution is 7.14. The Morgan fingerprint density at radius 1 is 1.10 bits per heavy atom. The number of fused-ring (bicyclic) bond motifs is 1. The fourth-order valence-corrected chi connectivity index (χ4v) is 4.20. The molecule has 0 N–H and O–H groups in total. The first kappa shape index (κ1) is 14.3. The molecule has 21 heavy (non-hydrogen) atoms. The van der Waals surface area contributed by atoms with Gasteiger partial charge in [-0.3, -0.25) is 4.79 Å². The second-order valence-corrected chi connectivity index (χ2v) is 6.87. The number of benzene rings is 1. The van der Waals surface area contributed by atoms with Crippen molar-refractivity contribution in [3.8, 4) is 5.75 Å². The molecule has 1 heterocycles. The molecule has 1 aromatic carbocycles. The topological polar surface area (TPSA) is 26.3 Å². The van der Waals surface area contributed by atoms with Crippen molar-refractivity contribution in [2.24, 2.45) is 0 Å². The highest BCUT2D eigenvalue weighted by Gasteiger charge is 2.20. The predicted molar refractivity (Wildman–Crippen MR) is 86.9 cm³/mol. The molecule has 0 atom stereocenters. The molecule has 0 fully saturated rings. The number of aryl methyl sites for hydroxylation is 4. The van der Waals surface area contributed by atoms with Crippen LogP contribution in [0.5, 0.6) is 5.75 Å². The lowest BCUT2D eigenvalue weighted by atomic mass is 9.97. The first-order valence-corrected chi connectivity index (χ1v) is 8.23. The minimum Gasteiger partial charge on any atom is -0.496 e. The Morgan fingerprint density at radius 2 is 1.86 bits per heavy atom. The summed E-state index contributed by atoms with van der Waals surface area (Å²) >= 11 is 1.68. The molecule has 3 rings (SSSR count). The molecule has 0 radical (unpaired) electrons. The Kier molecular flexibility index (Phi) is 3.85. The highest BCUT2D eigenvalue weighted by atomic mass is 32.1. The summed E-state index contributed by atoms with van der Waals surface area (Å²) in [6.07, 6.45) is 4.76. The number of carbonyl (C=O) groups is 1. The molecule has 0 saturated carbocycles. The summed E-state index contributed by atoms with van der Waals surface area (Å²) in [6, 6.07) is 6.02. The third-order valence-corrected chi connectivity index (χ3v) is 5.44. The number of carbonyl (C=O) groups excluding carboxylic acids is 1. The smallest absolute Gasteiger partial charge is 0.203 e. The van der Waals surface area contributed by atoms with E-state index in [9.17, 15) is 4.79 Å². The van der Waals surface area contributed by atoms with Gasteiger partial charge >= 0.3 is 0 Å². The molecular formula is C18H20O2S. The van der Waals surface area contributed by atoms with E-state index in [0.29, 0.717) is 0 Å². The molecule has 110 valence electrons. The van der Waals surface area contributed by atoms with Crippen molar-refractivity contribution in [2.45, 2.75) is 39.5 Å². The lowest BCUT2D eigenvalue weighted by Gasteiger charge is -2.09. The van der Waals surface area contributed by atoms with E-state index >= 15 is 0 Å². The Balaban J connectivity index is 1.98. The molecule has 0 unspecified atom stereocenters. The molecule has 1 aliphatic carbocycles. The molecule has 1 aliphatic rings. The summed E-state index contributed by atoms with van der Waals surface area (Å²) < 4.78 is 5.32. The normalized spacial score (nSPS) is 13.9. The van der Waals surface area contributed by atoms with E-state index in [1.54, 1.807) is 18.4 Å². The number of ketones is 1. The summed E-state index contributed by atoms with van der Waals surface area (Å²) in [5.74, 6) is 0.993. The minimum absolute atomic E-state index is 0.151. The van der Waals surface area contributed by atoms with Crippen LogP contribution in [-0.2, 0) is 12.8 Å².